The van der Waals surface area contributed by atoms with Gasteiger partial charge < -0.3 is 0 Å². The number of piperazine rings is 1. The number of thiophene rings is 1. The van der Waals surface area contributed by atoms with E-state index in [-0.39, 0.29) is 35.3 Å². The van der Waals surface area contributed by atoms with Crippen LogP contribution in [0, 0.1) is 12.7 Å². The largest absolute Gasteiger partial charge is 0.252 e. The van der Waals surface area contributed by atoms with Crippen molar-refractivity contribution >= 4 is 31.4 Å². The fraction of sp³-hybridized carbons (Fsp3) is 0.333. The first kappa shape index (κ1) is 18.5. The van der Waals surface area contributed by atoms with Gasteiger partial charge in [0, 0.05) is 31.1 Å². The summed E-state index contributed by atoms with van der Waals surface area (Å²) in [4.78, 5) is 0.767. The van der Waals surface area contributed by atoms with Crippen molar-refractivity contribution in [3.05, 3.63) is 47.1 Å². The molecule has 1 aliphatic heterocycles. The van der Waals surface area contributed by atoms with E-state index in [0.29, 0.717) is 0 Å². The molecular weight excluding hydrogens is 387 g/mol. The van der Waals surface area contributed by atoms with Crippen LogP contribution in [-0.2, 0) is 20.0 Å². The summed E-state index contributed by atoms with van der Waals surface area (Å²) in [5.74, 6) is -0.629. The van der Waals surface area contributed by atoms with E-state index in [4.69, 9.17) is 0 Å². The average molecular weight is 405 g/mol. The molecule has 136 valence electrons. The summed E-state index contributed by atoms with van der Waals surface area (Å²) in [6, 6.07) is 8.10. The minimum absolute atomic E-state index is 0.0302. The molecule has 6 nitrogen and oxygen atoms in total. The minimum atomic E-state index is -3.84. The van der Waals surface area contributed by atoms with E-state index in [9.17, 15) is 21.2 Å². The minimum Gasteiger partial charge on any atom is -0.207 e. The van der Waals surface area contributed by atoms with Gasteiger partial charge >= 0.3 is 0 Å². The highest BCUT2D eigenvalue weighted by Crippen LogP contribution is 2.26. The van der Waals surface area contributed by atoms with Gasteiger partial charge in [-0.05, 0) is 37.3 Å². The highest BCUT2D eigenvalue weighted by molar-refractivity contribution is 7.91. The lowest BCUT2D eigenvalue weighted by molar-refractivity contribution is 0.273. The van der Waals surface area contributed by atoms with Gasteiger partial charge in [0.05, 0.1) is 4.90 Å². The van der Waals surface area contributed by atoms with Crippen LogP contribution in [0.4, 0.5) is 4.39 Å². The van der Waals surface area contributed by atoms with Crippen LogP contribution >= 0.6 is 11.3 Å². The van der Waals surface area contributed by atoms with Crippen LogP contribution in [0.15, 0.2) is 45.5 Å². The van der Waals surface area contributed by atoms with Crippen molar-refractivity contribution in [2.75, 3.05) is 26.2 Å². The van der Waals surface area contributed by atoms with Crippen LogP contribution in [0.5, 0.6) is 0 Å². The molecule has 0 atom stereocenters. The first-order chi connectivity index (χ1) is 11.7. The van der Waals surface area contributed by atoms with Crippen LogP contribution in [0.2, 0.25) is 0 Å². The lowest BCUT2D eigenvalue weighted by Crippen LogP contribution is -2.50. The van der Waals surface area contributed by atoms with Crippen LogP contribution in [0.1, 0.15) is 4.88 Å². The van der Waals surface area contributed by atoms with Crippen molar-refractivity contribution in [3.63, 3.8) is 0 Å². The Kier molecular flexibility index (Phi) is 5.00. The van der Waals surface area contributed by atoms with Crippen molar-refractivity contribution in [1.29, 1.82) is 0 Å². The van der Waals surface area contributed by atoms with E-state index in [1.807, 2.05) is 6.92 Å². The van der Waals surface area contributed by atoms with E-state index in [1.165, 1.54) is 38.1 Å². The molecule has 0 aliphatic carbocycles. The Balaban J connectivity index is 1.76. The van der Waals surface area contributed by atoms with Crippen molar-refractivity contribution in [3.8, 4) is 0 Å². The van der Waals surface area contributed by atoms with Gasteiger partial charge in [0.1, 0.15) is 10.0 Å². The molecule has 3 rings (SSSR count). The Labute approximate surface area is 150 Å². The predicted octanol–water partition coefficient (Wildman–Crippen LogP) is 1.89. The van der Waals surface area contributed by atoms with Crippen molar-refractivity contribution in [2.24, 2.45) is 0 Å². The monoisotopic (exact) mass is 404 g/mol. The molecule has 0 amide bonds. The van der Waals surface area contributed by atoms with Crippen LogP contribution in [-0.4, -0.2) is 51.6 Å². The van der Waals surface area contributed by atoms with Gasteiger partial charge in [-0.2, -0.15) is 8.61 Å². The summed E-state index contributed by atoms with van der Waals surface area (Å²) in [6.45, 7) is 2.01. The average Bonchev–Trinajstić information content (AvgIpc) is 3.02. The molecule has 0 radical (unpaired) electrons. The quantitative estimate of drug-likeness (QED) is 0.780. The standard InChI is InChI=1S/C15H17FN2O4S3/c1-12-5-6-15(23-12)25(21,22)18-9-7-17(8-10-18)24(19,20)14-4-2-3-13(16)11-14/h2-6,11H,7-10H2,1H3. The van der Waals surface area contributed by atoms with Gasteiger partial charge in [-0.15, -0.1) is 11.3 Å². The Bertz CT molecular complexity index is 978. The Morgan fingerprint density at radius 2 is 1.52 bits per heavy atom. The molecule has 0 unspecified atom stereocenters. The lowest BCUT2D eigenvalue weighted by atomic mass is 10.4. The van der Waals surface area contributed by atoms with E-state index >= 15 is 0 Å². The van der Waals surface area contributed by atoms with Gasteiger partial charge in [0.2, 0.25) is 10.0 Å². The summed E-state index contributed by atoms with van der Waals surface area (Å²) < 4.78 is 66.3. The first-order valence-electron chi connectivity index (χ1n) is 7.53. The summed E-state index contributed by atoms with van der Waals surface area (Å²) >= 11 is 1.19. The number of rotatable bonds is 4. The number of nitrogens with zero attached hydrogens (tertiary/aromatic N) is 2. The summed E-state index contributed by atoms with van der Waals surface area (Å²) in [6.07, 6.45) is 0. The van der Waals surface area contributed by atoms with Gasteiger partial charge in [-0.3, -0.25) is 0 Å². The normalized spacial score (nSPS) is 17.7. The number of hydrogen-bond acceptors (Lipinski definition) is 5. The highest BCUT2D eigenvalue weighted by Gasteiger charge is 2.34. The van der Waals surface area contributed by atoms with Gasteiger partial charge in [-0.25, -0.2) is 21.2 Å². The Hall–Kier alpha value is -1.33. The lowest BCUT2D eigenvalue weighted by Gasteiger charge is -2.32. The second-order valence-corrected chi connectivity index (χ2v) is 11.0. The molecule has 0 bridgehead atoms. The third-order valence-corrected chi connectivity index (χ3v) is 9.20. The molecule has 1 aromatic heterocycles. The van der Waals surface area contributed by atoms with Crippen molar-refractivity contribution in [1.82, 2.24) is 8.61 Å². The van der Waals surface area contributed by atoms with Crippen LogP contribution < -0.4 is 0 Å². The second-order valence-electron chi connectivity index (χ2n) is 5.63. The Morgan fingerprint density at radius 3 is 2.04 bits per heavy atom. The molecule has 2 heterocycles. The molecule has 0 N–H and O–H groups in total. The maximum Gasteiger partial charge on any atom is 0.252 e. The third-order valence-electron chi connectivity index (χ3n) is 3.94. The number of halogens is 1. The van der Waals surface area contributed by atoms with Gasteiger partial charge in [0.25, 0.3) is 10.0 Å². The maximum atomic E-state index is 13.3. The SMILES string of the molecule is Cc1ccc(S(=O)(=O)N2CCN(S(=O)(=O)c3cccc(F)c3)CC2)s1. The van der Waals surface area contributed by atoms with Gasteiger partial charge in [-0.1, -0.05) is 6.07 Å². The second kappa shape index (κ2) is 6.76. The number of aryl methyl sites for hydroxylation is 1. The smallest absolute Gasteiger partial charge is 0.207 e. The van der Waals surface area contributed by atoms with Crippen molar-refractivity contribution in [2.45, 2.75) is 16.0 Å². The fourth-order valence-corrected chi connectivity index (χ4v) is 6.92. The van der Waals surface area contributed by atoms with Crippen molar-refractivity contribution < 1.29 is 21.2 Å². The molecule has 10 heteroatoms. The van der Waals surface area contributed by atoms with E-state index < -0.39 is 25.9 Å². The number of hydrogen-bond donors (Lipinski definition) is 0. The molecule has 2 aromatic rings. The van der Waals surface area contributed by atoms with E-state index in [1.54, 1.807) is 12.1 Å². The van der Waals surface area contributed by atoms with Crippen LogP contribution in [0.3, 0.4) is 0 Å². The Morgan fingerprint density at radius 1 is 0.920 bits per heavy atom. The first-order valence-corrected chi connectivity index (χ1v) is 11.2. The summed E-state index contributed by atoms with van der Waals surface area (Å²) in [5, 5.41) is 0. The summed E-state index contributed by atoms with van der Waals surface area (Å²) in [5.41, 5.74) is 0. The predicted molar refractivity (Wildman–Crippen MR) is 93.0 cm³/mol. The number of benzene rings is 1. The third kappa shape index (κ3) is 3.63. The topological polar surface area (TPSA) is 74.8 Å². The van der Waals surface area contributed by atoms with Gasteiger partial charge in [0.15, 0.2) is 0 Å². The highest BCUT2D eigenvalue weighted by atomic mass is 32.2. The zero-order chi connectivity index (χ0) is 18.2. The van der Waals surface area contributed by atoms with E-state index in [2.05, 4.69) is 0 Å². The van der Waals surface area contributed by atoms with Crippen LogP contribution in [0.25, 0.3) is 0 Å². The molecule has 0 saturated carbocycles. The van der Waals surface area contributed by atoms with E-state index in [0.717, 1.165) is 10.9 Å². The zero-order valence-corrected chi connectivity index (χ0v) is 15.9. The molecule has 1 aliphatic rings. The fourth-order valence-electron chi connectivity index (χ4n) is 2.60. The summed E-state index contributed by atoms with van der Waals surface area (Å²) in [7, 11) is -7.45. The molecule has 25 heavy (non-hydrogen) atoms. The molecule has 1 saturated heterocycles. The molecule has 1 fully saturated rings. The number of sulfonamides is 2. The maximum absolute atomic E-state index is 13.3. The molecule has 1 aromatic carbocycles. The zero-order valence-electron chi connectivity index (χ0n) is 13.4. The molecule has 0 spiro atoms. The molecular formula is C15H17FN2O4S3.